The minimum absolute atomic E-state index is 0.0664. The predicted molar refractivity (Wildman–Crippen MR) is 118 cm³/mol. The van der Waals surface area contributed by atoms with Gasteiger partial charge in [-0.15, -0.1) is 0 Å². The molecule has 1 aliphatic heterocycles. The molecular weight excluding hydrogens is 374 g/mol. The average Bonchev–Trinajstić information content (AvgIpc) is 3.28. The van der Waals surface area contributed by atoms with Crippen LogP contribution in [0, 0.1) is 5.92 Å². The molecule has 0 aromatic heterocycles. The lowest BCUT2D eigenvalue weighted by Crippen LogP contribution is -2.42. The second-order valence-electron chi connectivity index (χ2n) is 7.87. The minimum atomic E-state index is -0.799. The molecule has 150 valence electrons. The monoisotopic (exact) mass is 397 g/mol. The first kappa shape index (κ1) is 18.5. The fourth-order valence-corrected chi connectivity index (χ4v) is 4.59. The van der Waals surface area contributed by atoms with E-state index in [9.17, 15) is 9.90 Å². The molecule has 0 bridgehead atoms. The van der Waals surface area contributed by atoms with Crippen molar-refractivity contribution < 1.29 is 14.6 Å². The first-order chi connectivity index (χ1) is 14.7. The Hall–Kier alpha value is -3.53. The zero-order valence-electron chi connectivity index (χ0n) is 16.5. The number of para-hydroxylation sites is 1. The van der Waals surface area contributed by atoms with Crippen molar-refractivity contribution in [1.82, 2.24) is 0 Å². The number of anilines is 1. The van der Waals surface area contributed by atoms with E-state index in [1.807, 2.05) is 42.5 Å². The third-order valence-electron chi connectivity index (χ3n) is 6.10. The van der Waals surface area contributed by atoms with Crippen LogP contribution in [0.1, 0.15) is 23.5 Å². The van der Waals surface area contributed by atoms with Gasteiger partial charge in [0.25, 0.3) is 0 Å². The number of fused-ring (bicyclic) bond motifs is 3. The first-order valence-corrected chi connectivity index (χ1v) is 10.3. The number of hydrogen-bond donors (Lipinski definition) is 2. The molecular formula is C26H23NO3. The molecule has 3 aromatic carbocycles. The summed E-state index contributed by atoms with van der Waals surface area (Å²) in [6.07, 6.45) is 5.04. The molecule has 3 atom stereocenters. The molecule has 2 N–H and O–H groups in total. The maximum Gasteiger partial charge on any atom is 0.326 e. The summed E-state index contributed by atoms with van der Waals surface area (Å²) in [4.78, 5) is 11.8. The van der Waals surface area contributed by atoms with Crippen molar-refractivity contribution in [2.75, 3.05) is 5.32 Å². The third-order valence-corrected chi connectivity index (χ3v) is 6.10. The van der Waals surface area contributed by atoms with Gasteiger partial charge in [0, 0.05) is 23.1 Å². The van der Waals surface area contributed by atoms with E-state index in [4.69, 9.17) is 4.74 Å². The summed E-state index contributed by atoms with van der Waals surface area (Å²) in [6, 6.07) is 23.8. The summed E-state index contributed by atoms with van der Waals surface area (Å²) in [5, 5.41) is 13.0. The Bertz CT molecular complexity index is 1090. The van der Waals surface area contributed by atoms with Crippen LogP contribution >= 0.6 is 0 Å². The van der Waals surface area contributed by atoms with E-state index in [2.05, 4.69) is 47.8 Å². The minimum Gasteiger partial charge on any atom is -0.489 e. The van der Waals surface area contributed by atoms with Crippen molar-refractivity contribution in [2.24, 2.45) is 5.92 Å². The maximum absolute atomic E-state index is 11.8. The van der Waals surface area contributed by atoms with Crippen LogP contribution in [0.4, 0.5) is 5.69 Å². The van der Waals surface area contributed by atoms with Crippen LogP contribution in [0.3, 0.4) is 0 Å². The van der Waals surface area contributed by atoms with E-state index < -0.39 is 12.0 Å². The Kier molecular flexibility index (Phi) is 4.75. The van der Waals surface area contributed by atoms with Crippen LogP contribution < -0.4 is 10.1 Å². The number of carboxylic acid groups (broad SMARTS) is 1. The highest BCUT2D eigenvalue weighted by Gasteiger charge is 2.41. The second-order valence-corrected chi connectivity index (χ2v) is 7.87. The molecule has 0 spiro atoms. The quantitative estimate of drug-likeness (QED) is 0.561. The highest BCUT2D eigenvalue weighted by molar-refractivity contribution is 5.81. The highest BCUT2D eigenvalue weighted by atomic mass is 16.5. The van der Waals surface area contributed by atoms with Crippen LogP contribution in [-0.2, 0) is 11.4 Å². The van der Waals surface area contributed by atoms with E-state index in [0.29, 0.717) is 6.61 Å². The summed E-state index contributed by atoms with van der Waals surface area (Å²) in [5.41, 5.74) is 5.35. The Morgan fingerprint density at radius 2 is 1.73 bits per heavy atom. The number of allylic oxidation sites excluding steroid dienone is 2. The van der Waals surface area contributed by atoms with E-state index in [-0.39, 0.29) is 11.8 Å². The van der Waals surface area contributed by atoms with Gasteiger partial charge in [0.05, 0.1) is 0 Å². The molecule has 0 radical (unpaired) electrons. The van der Waals surface area contributed by atoms with Gasteiger partial charge in [-0.05, 0) is 35.2 Å². The number of rotatable bonds is 5. The van der Waals surface area contributed by atoms with Gasteiger partial charge in [0.15, 0.2) is 0 Å². The van der Waals surface area contributed by atoms with Gasteiger partial charge in [-0.2, -0.15) is 0 Å². The molecule has 0 saturated heterocycles. The number of carboxylic acids is 1. The Labute approximate surface area is 175 Å². The third kappa shape index (κ3) is 3.35. The van der Waals surface area contributed by atoms with Gasteiger partial charge in [-0.1, -0.05) is 72.8 Å². The van der Waals surface area contributed by atoms with Crippen molar-refractivity contribution >= 4 is 11.7 Å². The number of nitrogens with one attached hydrogen (secondary N) is 1. The zero-order valence-corrected chi connectivity index (χ0v) is 16.5. The van der Waals surface area contributed by atoms with Gasteiger partial charge >= 0.3 is 5.97 Å². The van der Waals surface area contributed by atoms with Gasteiger partial charge in [0.2, 0.25) is 0 Å². The lowest BCUT2D eigenvalue weighted by molar-refractivity contribution is -0.139. The molecule has 4 nitrogen and oxygen atoms in total. The molecule has 1 heterocycles. The summed E-state index contributed by atoms with van der Waals surface area (Å²) in [5.74, 6) is 0.201. The number of benzene rings is 3. The molecule has 0 amide bonds. The van der Waals surface area contributed by atoms with E-state index in [1.165, 1.54) is 5.56 Å². The summed E-state index contributed by atoms with van der Waals surface area (Å²) < 4.78 is 6.05. The van der Waals surface area contributed by atoms with Crippen LogP contribution in [0.25, 0.3) is 11.1 Å². The van der Waals surface area contributed by atoms with E-state index in [1.54, 1.807) is 0 Å². The molecule has 30 heavy (non-hydrogen) atoms. The molecule has 4 heteroatoms. The maximum atomic E-state index is 11.8. The van der Waals surface area contributed by atoms with Gasteiger partial charge in [0.1, 0.15) is 18.4 Å². The lowest BCUT2D eigenvalue weighted by Gasteiger charge is -2.35. The number of aliphatic carboxylic acids is 1. The number of ether oxygens (including phenoxy) is 1. The fraction of sp³-hybridized carbons (Fsp3) is 0.192. The molecule has 0 saturated carbocycles. The standard InChI is InChI=1S/C26H23NO3/c28-26(29)25-23-11-5-9-21(23)22-10-4-8-19(24(22)27-25)16-30-20-14-12-18(13-15-20)17-6-2-1-3-7-17/h1-10,12-15,21,23,25,27H,11,16H2,(H,28,29). The largest absolute Gasteiger partial charge is 0.489 e. The van der Waals surface area contributed by atoms with Crippen molar-refractivity contribution in [1.29, 1.82) is 0 Å². The van der Waals surface area contributed by atoms with Gasteiger partial charge in [-0.25, -0.2) is 4.79 Å². The lowest BCUT2D eigenvalue weighted by atomic mass is 9.78. The Balaban J connectivity index is 1.36. The first-order valence-electron chi connectivity index (χ1n) is 10.3. The molecule has 3 aromatic rings. The molecule has 3 unspecified atom stereocenters. The summed E-state index contributed by atoms with van der Waals surface area (Å²) >= 11 is 0. The smallest absolute Gasteiger partial charge is 0.326 e. The average molecular weight is 397 g/mol. The molecule has 5 rings (SSSR count). The topological polar surface area (TPSA) is 58.6 Å². The van der Waals surface area contributed by atoms with Crippen LogP contribution in [0.15, 0.2) is 84.9 Å². The van der Waals surface area contributed by atoms with E-state index >= 15 is 0 Å². The number of hydrogen-bond acceptors (Lipinski definition) is 3. The van der Waals surface area contributed by atoms with Crippen LogP contribution in [0.5, 0.6) is 5.75 Å². The molecule has 0 fully saturated rings. The molecule has 1 aliphatic carbocycles. The second kappa shape index (κ2) is 7.71. The molecule has 2 aliphatic rings. The van der Waals surface area contributed by atoms with E-state index in [0.717, 1.165) is 34.5 Å². The van der Waals surface area contributed by atoms with Crippen LogP contribution in [0.2, 0.25) is 0 Å². The predicted octanol–water partition coefficient (Wildman–Crippen LogP) is 5.47. The van der Waals surface area contributed by atoms with Crippen molar-refractivity contribution in [2.45, 2.75) is 25.0 Å². The van der Waals surface area contributed by atoms with Gasteiger partial charge < -0.3 is 15.2 Å². The normalized spacial score (nSPS) is 21.4. The Morgan fingerprint density at radius 3 is 2.50 bits per heavy atom. The highest BCUT2D eigenvalue weighted by Crippen LogP contribution is 2.45. The van der Waals surface area contributed by atoms with Crippen molar-refractivity contribution in [3.8, 4) is 16.9 Å². The number of carbonyl (C=O) groups is 1. The zero-order chi connectivity index (χ0) is 20.5. The Morgan fingerprint density at radius 1 is 0.967 bits per heavy atom. The fourth-order valence-electron chi connectivity index (χ4n) is 4.59. The summed E-state index contributed by atoms with van der Waals surface area (Å²) in [7, 11) is 0. The van der Waals surface area contributed by atoms with Crippen molar-refractivity contribution in [3.63, 3.8) is 0 Å². The van der Waals surface area contributed by atoms with Gasteiger partial charge in [-0.3, -0.25) is 0 Å². The van der Waals surface area contributed by atoms with Crippen molar-refractivity contribution in [3.05, 3.63) is 96.1 Å². The van der Waals surface area contributed by atoms with Crippen LogP contribution in [-0.4, -0.2) is 17.1 Å². The summed E-state index contributed by atoms with van der Waals surface area (Å²) in [6.45, 7) is 0.383. The SMILES string of the molecule is O=C(O)C1Nc2c(COc3ccc(-c4ccccc4)cc3)cccc2C2C=CCC12.